The Balaban J connectivity index is 1.16. The number of thioether (sulfide) groups is 1. The highest BCUT2D eigenvalue weighted by Gasteiger charge is 2.48. The number of nitrogens with zero attached hydrogens (tertiary/aromatic N) is 1. The molecule has 1 aliphatic heterocycles. The third-order valence-electron chi connectivity index (χ3n) is 9.92. The molecule has 2 saturated carbocycles. The molecule has 53 heavy (non-hydrogen) atoms. The zero-order valence-electron chi connectivity index (χ0n) is 30.7. The van der Waals surface area contributed by atoms with Gasteiger partial charge in [-0.3, -0.25) is 14.5 Å². The summed E-state index contributed by atoms with van der Waals surface area (Å²) in [4.78, 5) is 41.0. The number of amides is 3. The fraction of sp³-hybridized carbons (Fsp3) is 0.450. The second kappa shape index (κ2) is 16.3. The molecule has 3 amide bonds. The van der Waals surface area contributed by atoms with Gasteiger partial charge in [0.25, 0.3) is 5.91 Å². The van der Waals surface area contributed by atoms with Gasteiger partial charge in [0.05, 0.1) is 19.1 Å². The average Bonchev–Trinajstić information content (AvgIpc) is 3.90. The molecule has 0 radical (unpaired) electrons. The minimum Gasteiger partial charge on any atom is -0.497 e. The highest BCUT2D eigenvalue weighted by molar-refractivity contribution is 8.26. The number of hydrogen-bond donors (Lipinski definition) is 3. The van der Waals surface area contributed by atoms with Gasteiger partial charge in [-0.2, -0.15) is 0 Å². The second-order valence-electron chi connectivity index (χ2n) is 14.9. The smallest absolute Gasteiger partial charge is 0.405 e. The summed E-state index contributed by atoms with van der Waals surface area (Å²) in [5.74, 6) is 3.67. The number of hydrogen-bond acceptors (Lipinski definition) is 9. The third kappa shape index (κ3) is 9.36. The normalized spacial score (nSPS) is 20.9. The molecule has 2 aromatic carbocycles. The number of aryl methyl sites for hydroxylation is 1. The van der Waals surface area contributed by atoms with Gasteiger partial charge in [-0.25, -0.2) is 4.79 Å². The molecule has 3 aromatic rings. The van der Waals surface area contributed by atoms with Gasteiger partial charge in [-0.05, 0) is 106 Å². The maximum Gasteiger partial charge on any atom is 0.405 e. The Morgan fingerprint density at radius 2 is 1.77 bits per heavy atom. The third-order valence-corrected chi connectivity index (χ3v) is 11.2. The first-order chi connectivity index (χ1) is 25.3. The zero-order chi connectivity index (χ0) is 37.9. The van der Waals surface area contributed by atoms with Gasteiger partial charge < -0.3 is 34.4 Å². The van der Waals surface area contributed by atoms with Crippen molar-refractivity contribution in [3.63, 3.8) is 0 Å². The van der Waals surface area contributed by atoms with E-state index >= 15 is 0 Å². The van der Waals surface area contributed by atoms with E-state index in [0.717, 1.165) is 29.5 Å². The molecule has 11 nitrogen and oxygen atoms in total. The number of thiocarbonyl (C=S) groups is 1. The Morgan fingerprint density at radius 3 is 2.38 bits per heavy atom. The van der Waals surface area contributed by atoms with Crippen molar-refractivity contribution in [3.8, 4) is 28.6 Å². The first kappa shape index (κ1) is 38.2. The molecule has 1 saturated heterocycles. The number of methoxy groups -OCH3 is 2. The highest BCUT2D eigenvalue weighted by Crippen LogP contribution is 2.49. The molecule has 2 heterocycles. The van der Waals surface area contributed by atoms with Gasteiger partial charge in [0.1, 0.15) is 44.7 Å². The number of carbonyl (C=O) groups excluding carboxylic acids is 2. The summed E-state index contributed by atoms with van der Waals surface area (Å²) in [7, 11) is 3.17. The van der Waals surface area contributed by atoms with Crippen LogP contribution in [0, 0.1) is 11.8 Å². The lowest BCUT2D eigenvalue weighted by Crippen LogP contribution is -2.47. The predicted molar refractivity (Wildman–Crippen MR) is 208 cm³/mol. The summed E-state index contributed by atoms with van der Waals surface area (Å²) in [6, 6.07) is 13.9. The van der Waals surface area contributed by atoms with Crippen molar-refractivity contribution < 1.29 is 38.1 Å². The summed E-state index contributed by atoms with van der Waals surface area (Å²) < 4.78 is 23.9. The number of nitrogens with one attached hydrogen (secondary N) is 2. The van der Waals surface area contributed by atoms with E-state index in [1.54, 1.807) is 26.4 Å². The van der Waals surface area contributed by atoms with E-state index in [0.29, 0.717) is 62.7 Å². The summed E-state index contributed by atoms with van der Waals surface area (Å²) >= 11 is 7.05. The van der Waals surface area contributed by atoms with Crippen molar-refractivity contribution in [2.45, 2.75) is 83.4 Å². The van der Waals surface area contributed by atoms with Crippen LogP contribution in [0.3, 0.4) is 0 Å². The number of fused-ring (bicyclic) bond motifs is 2. The van der Waals surface area contributed by atoms with Crippen molar-refractivity contribution in [2.75, 3.05) is 20.8 Å². The average molecular weight is 762 g/mol. The molecule has 282 valence electrons. The van der Waals surface area contributed by atoms with E-state index in [1.165, 1.54) is 24.6 Å². The molecule has 3 unspecified atom stereocenters. The number of rotatable bonds is 14. The van der Waals surface area contributed by atoms with Crippen molar-refractivity contribution in [2.24, 2.45) is 11.8 Å². The number of furan rings is 1. The van der Waals surface area contributed by atoms with Crippen LogP contribution in [-0.2, 0) is 22.4 Å². The Morgan fingerprint density at radius 1 is 1.06 bits per heavy atom. The predicted octanol–water partition coefficient (Wildman–Crippen LogP) is 7.46. The van der Waals surface area contributed by atoms with Crippen LogP contribution in [0.2, 0.25) is 0 Å². The van der Waals surface area contributed by atoms with Gasteiger partial charge >= 0.3 is 6.09 Å². The lowest BCUT2D eigenvalue weighted by Gasteiger charge is -2.30. The molecular formula is C40H47N3O8S2. The largest absolute Gasteiger partial charge is 0.497 e. The summed E-state index contributed by atoms with van der Waals surface area (Å²) in [5, 5.41) is 14.7. The van der Waals surface area contributed by atoms with Crippen LogP contribution in [0.25, 0.3) is 17.4 Å². The molecule has 0 spiro atoms. The van der Waals surface area contributed by atoms with E-state index in [4.69, 9.17) is 30.8 Å². The van der Waals surface area contributed by atoms with Crippen LogP contribution in [0.4, 0.5) is 4.79 Å². The van der Waals surface area contributed by atoms with Gasteiger partial charge in [0.15, 0.2) is 0 Å². The molecular weight excluding hydrogens is 715 g/mol. The number of carbonyl (C=O) groups is 3. The quantitative estimate of drug-likeness (QED) is 0.0862. The molecule has 2 aliphatic carbocycles. The number of carboxylic acid groups (broad SMARTS) is 1. The number of benzene rings is 2. The van der Waals surface area contributed by atoms with Crippen molar-refractivity contribution in [1.82, 2.24) is 15.5 Å². The topological polar surface area (TPSA) is 140 Å². The minimum atomic E-state index is -1.28. The zero-order valence-corrected chi connectivity index (χ0v) is 32.4. The van der Waals surface area contributed by atoms with E-state index in [1.807, 2.05) is 68.1 Å². The van der Waals surface area contributed by atoms with Crippen LogP contribution in [-0.4, -0.2) is 70.7 Å². The van der Waals surface area contributed by atoms with E-state index in [-0.39, 0.29) is 30.5 Å². The van der Waals surface area contributed by atoms with Gasteiger partial charge in [-0.1, -0.05) is 42.5 Å². The maximum atomic E-state index is 13.8. The van der Waals surface area contributed by atoms with E-state index < -0.39 is 18.0 Å². The first-order valence-electron chi connectivity index (χ1n) is 18.0. The lowest BCUT2D eigenvalue weighted by molar-refractivity contribution is -0.124. The Kier molecular flexibility index (Phi) is 11.7. The molecule has 3 N–H and O–H groups in total. The van der Waals surface area contributed by atoms with Gasteiger partial charge in [0.2, 0.25) is 5.91 Å². The van der Waals surface area contributed by atoms with E-state index in [9.17, 15) is 19.5 Å². The van der Waals surface area contributed by atoms with Gasteiger partial charge in [0, 0.05) is 36.7 Å². The monoisotopic (exact) mass is 761 g/mol. The molecule has 3 aliphatic rings. The van der Waals surface area contributed by atoms with Gasteiger partial charge in [-0.15, -0.1) is 0 Å². The fourth-order valence-corrected chi connectivity index (χ4v) is 8.86. The lowest BCUT2D eigenvalue weighted by atomic mass is 9.94. The Bertz CT molecular complexity index is 1860. The Labute approximate surface area is 319 Å². The molecule has 13 heteroatoms. The number of ether oxygens (including phenoxy) is 3. The van der Waals surface area contributed by atoms with Crippen LogP contribution < -0.4 is 24.8 Å². The summed E-state index contributed by atoms with van der Waals surface area (Å²) in [6.45, 7) is 6.15. The summed E-state index contributed by atoms with van der Waals surface area (Å²) in [5.41, 5.74) is 2.02. The van der Waals surface area contributed by atoms with Crippen LogP contribution in [0.5, 0.6) is 17.2 Å². The standard InChI is InChI=1S/C40H47N3O8S2/c1-40(2,3)51-28-12-9-23(10-13-28)16-31(42-38(46)47)36(44)41-14-6-7-26-20-33(27-18-29(48-4)21-30(19-27)49-5)50-34(26)22-35-37(45)43(39(52)53-35)32-17-24-8-11-25(32)15-24/h9-10,12-13,18-22,24-25,31-32,42H,6-8,11,14-17H2,1-5H3,(H,41,44)(H,46,47)/b35-22-/t24?,25?,31-,32?/m0/s1. The van der Waals surface area contributed by atoms with E-state index in [2.05, 4.69) is 10.6 Å². The molecule has 2 bridgehead atoms. The summed E-state index contributed by atoms with van der Waals surface area (Å²) in [6.07, 6.45) is 6.26. The maximum absolute atomic E-state index is 13.8. The SMILES string of the molecule is COc1cc(OC)cc(-c2cc(CCCNC(=O)[C@H](Cc3ccc(OC(C)(C)C)cc3)NC(=O)O)c(/C=C3\SC(=S)N(C4CC5CCC4C5)C3=O)o2)c1. The first-order valence-corrected chi connectivity index (χ1v) is 19.2. The molecule has 3 fully saturated rings. The van der Waals surface area contributed by atoms with Crippen molar-refractivity contribution >= 4 is 52.3 Å². The van der Waals surface area contributed by atoms with Crippen LogP contribution in [0.1, 0.15) is 69.8 Å². The fourth-order valence-electron chi connectivity index (χ4n) is 7.52. The van der Waals surface area contributed by atoms with Crippen LogP contribution in [0.15, 0.2) is 57.9 Å². The Hall–Kier alpha value is -4.49. The second-order valence-corrected chi connectivity index (χ2v) is 16.5. The van der Waals surface area contributed by atoms with Crippen molar-refractivity contribution in [3.05, 3.63) is 70.3 Å². The molecule has 4 atom stereocenters. The van der Waals surface area contributed by atoms with Crippen molar-refractivity contribution in [1.29, 1.82) is 0 Å². The molecule has 6 rings (SSSR count). The molecule has 1 aromatic heterocycles. The highest BCUT2D eigenvalue weighted by atomic mass is 32.2. The van der Waals surface area contributed by atoms with Crippen LogP contribution >= 0.6 is 24.0 Å². The minimum absolute atomic E-state index is 0.0786.